The summed E-state index contributed by atoms with van der Waals surface area (Å²) in [5, 5.41) is 0. The Balaban J connectivity index is 0.00000162. The molecule has 102 valence electrons. The predicted molar refractivity (Wildman–Crippen MR) is 75.1 cm³/mol. The lowest BCUT2D eigenvalue weighted by molar-refractivity contribution is 0.0573. The van der Waals surface area contributed by atoms with Gasteiger partial charge in [0.05, 0.1) is 5.56 Å². The first kappa shape index (κ1) is 15.1. The minimum Gasteiger partial charge on any atom is -0.365 e. The number of likely N-dealkylation sites (tertiary alicyclic amines) is 1. The molecule has 1 amide bonds. The van der Waals surface area contributed by atoms with Crippen LogP contribution in [-0.4, -0.2) is 34.9 Å². The zero-order chi connectivity index (χ0) is 12.4. The molecule has 1 aliphatic heterocycles. The van der Waals surface area contributed by atoms with Gasteiger partial charge < -0.3 is 15.6 Å². The van der Waals surface area contributed by atoms with Gasteiger partial charge in [-0.3, -0.25) is 4.79 Å². The van der Waals surface area contributed by atoms with Crippen LogP contribution in [0.25, 0.3) is 0 Å². The molecule has 0 aliphatic carbocycles. The molecule has 0 saturated carbocycles. The van der Waals surface area contributed by atoms with Gasteiger partial charge in [0, 0.05) is 31.0 Å². The fourth-order valence-electron chi connectivity index (χ4n) is 2.58. The zero-order valence-corrected chi connectivity index (χ0v) is 11.8. The molecule has 2 unspecified atom stereocenters. The van der Waals surface area contributed by atoms with Crippen LogP contribution >= 0.6 is 12.4 Å². The van der Waals surface area contributed by atoms with Gasteiger partial charge in [-0.15, -0.1) is 12.4 Å². The number of nitrogens with zero attached hydrogens (tertiary/aromatic N) is 1. The van der Waals surface area contributed by atoms with E-state index in [-0.39, 0.29) is 24.4 Å². The quantitative estimate of drug-likeness (QED) is 0.864. The fourth-order valence-corrected chi connectivity index (χ4v) is 2.58. The van der Waals surface area contributed by atoms with Crippen molar-refractivity contribution in [1.29, 1.82) is 0 Å². The van der Waals surface area contributed by atoms with E-state index < -0.39 is 0 Å². The van der Waals surface area contributed by atoms with Crippen molar-refractivity contribution in [1.82, 2.24) is 9.88 Å². The molecule has 2 heterocycles. The Morgan fingerprint density at radius 1 is 1.61 bits per heavy atom. The van der Waals surface area contributed by atoms with Crippen LogP contribution in [0.15, 0.2) is 12.3 Å². The van der Waals surface area contributed by atoms with E-state index in [2.05, 4.69) is 11.9 Å². The van der Waals surface area contributed by atoms with E-state index in [0.29, 0.717) is 12.5 Å². The van der Waals surface area contributed by atoms with Crippen LogP contribution in [0, 0.1) is 12.8 Å². The summed E-state index contributed by atoms with van der Waals surface area (Å²) in [5.41, 5.74) is 7.49. The van der Waals surface area contributed by atoms with Gasteiger partial charge in [-0.2, -0.15) is 0 Å². The average molecular weight is 272 g/mol. The summed E-state index contributed by atoms with van der Waals surface area (Å²) in [5.74, 6) is 0.783. The normalized spacial score (nSPS) is 23.6. The highest BCUT2D eigenvalue weighted by atomic mass is 35.5. The first-order valence-corrected chi connectivity index (χ1v) is 6.28. The summed E-state index contributed by atoms with van der Waals surface area (Å²) >= 11 is 0. The number of nitrogens with two attached hydrogens (primary N) is 1. The minimum absolute atomic E-state index is 0. The molecule has 1 aromatic heterocycles. The number of rotatable bonds is 2. The van der Waals surface area contributed by atoms with Crippen molar-refractivity contribution in [3.63, 3.8) is 0 Å². The molecular weight excluding hydrogens is 250 g/mol. The van der Waals surface area contributed by atoms with Crippen LogP contribution in [0.5, 0.6) is 0 Å². The second-order valence-corrected chi connectivity index (χ2v) is 5.03. The van der Waals surface area contributed by atoms with E-state index in [4.69, 9.17) is 5.73 Å². The van der Waals surface area contributed by atoms with Crippen LogP contribution in [0.2, 0.25) is 0 Å². The van der Waals surface area contributed by atoms with Crippen LogP contribution in [-0.2, 0) is 0 Å². The van der Waals surface area contributed by atoms with Gasteiger partial charge >= 0.3 is 0 Å². The number of nitrogens with one attached hydrogen (secondary N) is 1. The highest BCUT2D eigenvalue weighted by Crippen LogP contribution is 2.24. The van der Waals surface area contributed by atoms with Crippen molar-refractivity contribution >= 4 is 18.3 Å². The van der Waals surface area contributed by atoms with Crippen molar-refractivity contribution in [3.05, 3.63) is 23.5 Å². The summed E-state index contributed by atoms with van der Waals surface area (Å²) < 4.78 is 0. The van der Waals surface area contributed by atoms with Crippen molar-refractivity contribution < 1.29 is 4.79 Å². The number of halogens is 1. The van der Waals surface area contributed by atoms with Gasteiger partial charge in [0.1, 0.15) is 0 Å². The molecule has 3 N–H and O–H groups in total. The second-order valence-electron chi connectivity index (χ2n) is 5.03. The monoisotopic (exact) mass is 271 g/mol. The maximum atomic E-state index is 12.4. The Labute approximate surface area is 114 Å². The van der Waals surface area contributed by atoms with Gasteiger partial charge in [-0.1, -0.05) is 6.92 Å². The summed E-state index contributed by atoms with van der Waals surface area (Å²) in [7, 11) is 0. The summed E-state index contributed by atoms with van der Waals surface area (Å²) in [6.07, 6.45) is 3.91. The topological polar surface area (TPSA) is 62.1 Å². The standard InChI is InChI=1S/C13H21N3O.ClH/c1-9-4-6-16(11(7-9)8-14)13(17)12-3-5-15-10(12)2;/h3,5,9,11,15H,4,6-8,14H2,1-2H3;1H. The van der Waals surface area contributed by atoms with E-state index in [0.717, 1.165) is 30.6 Å². The fraction of sp³-hybridized carbons (Fsp3) is 0.615. The van der Waals surface area contributed by atoms with Crippen molar-refractivity contribution in [2.75, 3.05) is 13.1 Å². The van der Waals surface area contributed by atoms with E-state index in [1.165, 1.54) is 0 Å². The molecule has 0 radical (unpaired) electrons. The first-order chi connectivity index (χ1) is 8.13. The lowest BCUT2D eigenvalue weighted by Gasteiger charge is -2.38. The first-order valence-electron chi connectivity index (χ1n) is 6.28. The summed E-state index contributed by atoms with van der Waals surface area (Å²) in [4.78, 5) is 17.4. The number of aromatic nitrogens is 1. The van der Waals surface area contributed by atoms with Crippen LogP contribution in [0.4, 0.5) is 0 Å². The predicted octanol–water partition coefficient (Wildman–Crippen LogP) is 1.94. The molecule has 4 nitrogen and oxygen atoms in total. The molecule has 18 heavy (non-hydrogen) atoms. The van der Waals surface area contributed by atoms with Crippen LogP contribution in [0.3, 0.4) is 0 Å². The van der Waals surface area contributed by atoms with Gasteiger partial charge in [-0.25, -0.2) is 0 Å². The molecule has 1 fully saturated rings. The smallest absolute Gasteiger partial charge is 0.255 e. The molecular formula is C13H22ClN3O. The van der Waals surface area contributed by atoms with Gasteiger partial charge in [0.15, 0.2) is 0 Å². The van der Waals surface area contributed by atoms with Crippen LogP contribution in [0.1, 0.15) is 35.8 Å². The third-order valence-corrected chi connectivity index (χ3v) is 3.70. The molecule has 0 aromatic carbocycles. The number of piperidine rings is 1. The van der Waals surface area contributed by atoms with E-state index in [1.54, 1.807) is 0 Å². The number of carbonyl (C=O) groups is 1. The molecule has 2 atom stereocenters. The number of carbonyl (C=O) groups excluding carboxylic acids is 1. The summed E-state index contributed by atoms with van der Waals surface area (Å²) in [6, 6.07) is 2.05. The number of hydrogen-bond donors (Lipinski definition) is 2. The second kappa shape index (κ2) is 6.25. The zero-order valence-electron chi connectivity index (χ0n) is 11.0. The lowest BCUT2D eigenvalue weighted by Crippen LogP contribution is -2.49. The molecule has 1 saturated heterocycles. The third-order valence-electron chi connectivity index (χ3n) is 3.70. The Bertz CT molecular complexity index is 405. The van der Waals surface area contributed by atoms with Crippen molar-refractivity contribution in [3.8, 4) is 0 Å². The molecule has 1 aliphatic rings. The molecule has 0 spiro atoms. The Hall–Kier alpha value is -1.00. The number of hydrogen-bond acceptors (Lipinski definition) is 2. The average Bonchev–Trinajstić information content (AvgIpc) is 2.74. The number of aryl methyl sites for hydroxylation is 1. The lowest BCUT2D eigenvalue weighted by atomic mass is 9.92. The highest BCUT2D eigenvalue weighted by Gasteiger charge is 2.30. The highest BCUT2D eigenvalue weighted by molar-refractivity contribution is 5.95. The number of amides is 1. The minimum atomic E-state index is 0. The number of aromatic amines is 1. The maximum Gasteiger partial charge on any atom is 0.255 e. The molecule has 0 bridgehead atoms. The number of H-pyrrole nitrogens is 1. The molecule has 5 heteroatoms. The SMILES string of the molecule is Cc1[nH]ccc1C(=O)N1CCC(C)CC1CN.Cl. The Kier molecular flexibility index (Phi) is 5.23. The van der Waals surface area contributed by atoms with E-state index in [1.807, 2.05) is 24.1 Å². The molecule has 2 rings (SSSR count). The van der Waals surface area contributed by atoms with Gasteiger partial charge in [-0.05, 0) is 31.7 Å². The largest absolute Gasteiger partial charge is 0.365 e. The third kappa shape index (κ3) is 2.87. The maximum absolute atomic E-state index is 12.4. The molecule has 1 aromatic rings. The van der Waals surface area contributed by atoms with E-state index in [9.17, 15) is 4.79 Å². The Morgan fingerprint density at radius 2 is 2.33 bits per heavy atom. The van der Waals surface area contributed by atoms with E-state index >= 15 is 0 Å². The Morgan fingerprint density at radius 3 is 2.89 bits per heavy atom. The van der Waals surface area contributed by atoms with Gasteiger partial charge in [0.2, 0.25) is 0 Å². The van der Waals surface area contributed by atoms with Crippen molar-refractivity contribution in [2.45, 2.75) is 32.7 Å². The van der Waals surface area contributed by atoms with Gasteiger partial charge in [0.25, 0.3) is 5.91 Å². The van der Waals surface area contributed by atoms with Crippen LogP contribution < -0.4 is 5.73 Å². The van der Waals surface area contributed by atoms with Crippen molar-refractivity contribution in [2.24, 2.45) is 11.7 Å². The summed E-state index contributed by atoms with van der Waals surface area (Å²) in [6.45, 7) is 5.54.